The Labute approximate surface area is 135 Å². The normalized spacial score (nSPS) is 18.3. The Morgan fingerprint density at radius 2 is 1.96 bits per heavy atom. The van der Waals surface area contributed by atoms with Crippen molar-refractivity contribution < 1.29 is 19.1 Å². The maximum Gasteiger partial charge on any atom is 0.200 e. The van der Waals surface area contributed by atoms with Crippen LogP contribution in [0.4, 0.5) is 0 Å². The molecular weight excluding hydrogens is 296 g/mol. The molecule has 2 aromatic rings. The standard InChI is InChI=1S/C17H22N2O4/c1-11-7-13(18-23-11)14-5-4-6-19(14)10-12-8-15(21-2)17(20)16(9-12)22-3/h7-9,14,20H,4-6,10H2,1-3H3/t14-/m1/s1. The molecule has 0 amide bonds. The fourth-order valence-electron chi connectivity index (χ4n) is 3.17. The van der Waals surface area contributed by atoms with E-state index in [1.165, 1.54) is 14.2 Å². The first-order valence-electron chi connectivity index (χ1n) is 7.73. The quantitative estimate of drug-likeness (QED) is 0.914. The zero-order valence-electron chi connectivity index (χ0n) is 13.7. The molecule has 1 fully saturated rings. The largest absolute Gasteiger partial charge is 0.502 e. The molecule has 1 aliphatic rings. The molecule has 1 atom stereocenters. The number of benzene rings is 1. The Hall–Kier alpha value is -2.21. The van der Waals surface area contributed by atoms with Crippen molar-refractivity contribution >= 4 is 0 Å². The highest BCUT2D eigenvalue weighted by Gasteiger charge is 2.28. The Kier molecular flexibility index (Phi) is 4.43. The van der Waals surface area contributed by atoms with Gasteiger partial charge in [0.25, 0.3) is 0 Å². The van der Waals surface area contributed by atoms with E-state index in [4.69, 9.17) is 14.0 Å². The molecule has 124 valence electrons. The zero-order valence-corrected chi connectivity index (χ0v) is 13.7. The van der Waals surface area contributed by atoms with E-state index in [0.717, 1.165) is 42.9 Å². The third-order valence-electron chi connectivity index (χ3n) is 4.28. The number of aryl methyl sites for hydroxylation is 1. The van der Waals surface area contributed by atoms with Gasteiger partial charge in [0.15, 0.2) is 11.5 Å². The molecule has 1 saturated heterocycles. The Morgan fingerprint density at radius 1 is 1.26 bits per heavy atom. The number of ether oxygens (including phenoxy) is 2. The molecule has 1 aromatic heterocycles. The van der Waals surface area contributed by atoms with Gasteiger partial charge in [-0.3, -0.25) is 4.90 Å². The summed E-state index contributed by atoms with van der Waals surface area (Å²) < 4.78 is 15.7. The summed E-state index contributed by atoms with van der Waals surface area (Å²) in [6, 6.07) is 5.96. The van der Waals surface area contributed by atoms with Crippen LogP contribution in [0.1, 0.15) is 35.9 Å². The first kappa shape index (κ1) is 15.7. The highest BCUT2D eigenvalue weighted by Crippen LogP contribution is 2.39. The monoisotopic (exact) mass is 318 g/mol. The predicted octanol–water partition coefficient (Wildman–Crippen LogP) is 3.04. The molecule has 0 spiro atoms. The summed E-state index contributed by atoms with van der Waals surface area (Å²) in [5.41, 5.74) is 2.02. The van der Waals surface area contributed by atoms with E-state index < -0.39 is 0 Å². The maximum atomic E-state index is 10.0. The molecule has 6 nitrogen and oxygen atoms in total. The van der Waals surface area contributed by atoms with Gasteiger partial charge in [0, 0.05) is 12.6 Å². The van der Waals surface area contributed by atoms with Crippen molar-refractivity contribution in [3.05, 3.63) is 35.2 Å². The Morgan fingerprint density at radius 3 is 2.52 bits per heavy atom. The minimum atomic E-state index is 0.0313. The van der Waals surface area contributed by atoms with Gasteiger partial charge in [0.2, 0.25) is 5.75 Å². The van der Waals surface area contributed by atoms with Crippen molar-refractivity contribution in [1.82, 2.24) is 10.1 Å². The van der Waals surface area contributed by atoms with Gasteiger partial charge in [-0.2, -0.15) is 0 Å². The summed E-state index contributed by atoms with van der Waals surface area (Å²) in [5.74, 6) is 1.71. The Balaban J connectivity index is 1.83. The van der Waals surface area contributed by atoms with Crippen LogP contribution in [0.3, 0.4) is 0 Å². The minimum Gasteiger partial charge on any atom is -0.502 e. The molecule has 23 heavy (non-hydrogen) atoms. The number of methoxy groups -OCH3 is 2. The average Bonchev–Trinajstić information content (AvgIpc) is 3.17. The third-order valence-corrected chi connectivity index (χ3v) is 4.28. The lowest BCUT2D eigenvalue weighted by atomic mass is 10.1. The minimum absolute atomic E-state index is 0.0313. The lowest BCUT2D eigenvalue weighted by Crippen LogP contribution is -2.23. The maximum absolute atomic E-state index is 10.0. The number of likely N-dealkylation sites (tertiary alicyclic amines) is 1. The highest BCUT2D eigenvalue weighted by molar-refractivity contribution is 5.52. The number of aromatic nitrogens is 1. The number of phenolic OH excluding ortho intramolecular Hbond substituents is 1. The third kappa shape index (κ3) is 3.12. The molecule has 0 radical (unpaired) electrons. The van der Waals surface area contributed by atoms with Gasteiger partial charge in [-0.1, -0.05) is 5.16 Å². The lowest BCUT2D eigenvalue weighted by molar-refractivity contribution is 0.235. The van der Waals surface area contributed by atoms with Gasteiger partial charge >= 0.3 is 0 Å². The second kappa shape index (κ2) is 6.50. The molecule has 6 heteroatoms. The Bertz CT molecular complexity index is 658. The summed E-state index contributed by atoms with van der Waals surface area (Å²) in [5, 5.41) is 14.2. The fraction of sp³-hybridized carbons (Fsp3) is 0.471. The summed E-state index contributed by atoms with van der Waals surface area (Å²) >= 11 is 0. The molecular formula is C17H22N2O4. The van der Waals surface area contributed by atoms with Crippen molar-refractivity contribution in [3.8, 4) is 17.2 Å². The number of hydrogen-bond donors (Lipinski definition) is 1. The van der Waals surface area contributed by atoms with E-state index in [0.29, 0.717) is 11.5 Å². The van der Waals surface area contributed by atoms with Crippen molar-refractivity contribution in [2.45, 2.75) is 32.4 Å². The molecule has 1 aromatic carbocycles. The SMILES string of the molecule is COc1cc(CN2CCC[C@@H]2c2cc(C)on2)cc(OC)c1O. The predicted molar refractivity (Wildman–Crippen MR) is 84.8 cm³/mol. The van der Waals surface area contributed by atoms with Crippen LogP contribution < -0.4 is 9.47 Å². The molecule has 3 rings (SSSR count). The van der Waals surface area contributed by atoms with Crippen molar-refractivity contribution in [1.29, 1.82) is 0 Å². The van der Waals surface area contributed by atoms with Crippen LogP contribution in [-0.4, -0.2) is 35.9 Å². The van der Waals surface area contributed by atoms with E-state index in [9.17, 15) is 5.11 Å². The smallest absolute Gasteiger partial charge is 0.200 e. The first-order valence-corrected chi connectivity index (χ1v) is 7.73. The van der Waals surface area contributed by atoms with E-state index in [1.54, 1.807) is 0 Å². The second-order valence-corrected chi connectivity index (χ2v) is 5.84. The van der Waals surface area contributed by atoms with Crippen LogP contribution in [0, 0.1) is 6.92 Å². The van der Waals surface area contributed by atoms with Crippen LogP contribution in [0.15, 0.2) is 22.7 Å². The van der Waals surface area contributed by atoms with Gasteiger partial charge in [0.1, 0.15) is 11.5 Å². The van der Waals surface area contributed by atoms with Gasteiger partial charge in [-0.15, -0.1) is 0 Å². The molecule has 1 N–H and O–H groups in total. The van der Waals surface area contributed by atoms with Gasteiger partial charge in [-0.05, 0) is 44.0 Å². The highest BCUT2D eigenvalue weighted by atomic mass is 16.5. The van der Waals surface area contributed by atoms with Crippen LogP contribution in [0.2, 0.25) is 0 Å². The van der Waals surface area contributed by atoms with E-state index >= 15 is 0 Å². The number of rotatable bonds is 5. The van der Waals surface area contributed by atoms with E-state index in [2.05, 4.69) is 10.1 Å². The number of aromatic hydroxyl groups is 1. The van der Waals surface area contributed by atoms with E-state index in [1.807, 2.05) is 25.1 Å². The molecule has 0 bridgehead atoms. The van der Waals surface area contributed by atoms with Gasteiger partial charge in [0.05, 0.1) is 20.3 Å². The number of phenols is 1. The van der Waals surface area contributed by atoms with Gasteiger partial charge in [-0.25, -0.2) is 0 Å². The number of nitrogens with zero attached hydrogens (tertiary/aromatic N) is 2. The average molecular weight is 318 g/mol. The molecule has 1 aliphatic heterocycles. The molecule has 2 heterocycles. The van der Waals surface area contributed by atoms with Crippen molar-refractivity contribution in [2.75, 3.05) is 20.8 Å². The second-order valence-electron chi connectivity index (χ2n) is 5.84. The topological polar surface area (TPSA) is 68.0 Å². The first-order chi connectivity index (χ1) is 11.1. The zero-order chi connectivity index (χ0) is 16.4. The van der Waals surface area contributed by atoms with Crippen LogP contribution >= 0.6 is 0 Å². The van der Waals surface area contributed by atoms with Crippen LogP contribution in [0.25, 0.3) is 0 Å². The molecule has 0 aliphatic carbocycles. The summed E-state index contributed by atoms with van der Waals surface area (Å²) in [6.45, 7) is 3.65. The fourth-order valence-corrected chi connectivity index (χ4v) is 3.17. The lowest BCUT2D eigenvalue weighted by Gasteiger charge is -2.23. The summed E-state index contributed by atoms with van der Waals surface area (Å²) in [7, 11) is 3.07. The van der Waals surface area contributed by atoms with Crippen LogP contribution in [0.5, 0.6) is 17.2 Å². The summed E-state index contributed by atoms with van der Waals surface area (Å²) in [4.78, 5) is 2.36. The molecule has 0 saturated carbocycles. The van der Waals surface area contributed by atoms with Crippen molar-refractivity contribution in [2.24, 2.45) is 0 Å². The number of hydrogen-bond acceptors (Lipinski definition) is 6. The summed E-state index contributed by atoms with van der Waals surface area (Å²) in [6.07, 6.45) is 2.20. The van der Waals surface area contributed by atoms with Gasteiger partial charge < -0.3 is 19.1 Å². The van der Waals surface area contributed by atoms with Crippen molar-refractivity contribution in [3.63, 3.8) is 0 Å². The van der Waals surface area contributed by atoms with E-state index in [-0.39, 0.29) is 11.8 Å². The van der Waals surface area contributed by atoms with Crippen LogP contribution in [-0.2, 0) is 6.54 Å². The molecule has 0 unspecified atom stereocenters.